The van der Waals surface area contributed by atoms with E-state index in [0.29, 0.717) is 11.3 Å². The SMILES string of the molecule is CS(=O)(=O)c1ccc(OCc2ccc(C(F)(F)F)cc2)cc1. The average molecular weight is 330 g/mol. The lowest BCUT2D eigenvalue weighted by Gasteiger charge is -2.09. The van der Waals surface area contributed by atoms with Crippen molar-refractivity contribution in [3.05, 3.63) is 59.7 Å². The molecule has 0 aliphatic heterocycles. The Bertz CT molecular complexity index is 733. The van der Waals surface area contributed by atoms with E-state index in [1.807, 2.05) is 0 Å². The molecule has 0 N–H and O–H groups in total. The van der Waals surface area contributed by atoms with E-state index >= 15 is 0 Å². The molecule has 0 fully saturated rings. The van der Waals surface area contributed by atoms with Gasteiger partial charge in [-0.1, -0.05) is 12.1 Å². The molecule has 2 rings (SSSR count). The Balaban J connectivity index is 2.01. The van der Waals surface area contributed by atoms with Gasteiger partial charge in [0.15, 0.2) is 9.84 Å². The van der Waals surface area contributed by atoms with Crippen LogP contribution in [0, 0.1) is 0 Å². The van der Waals surface area contributed by atoms with E-state index < -0.39 is 21.6 Å². The Morgan fingerprint density at radius 1 is 0.955 bits per heavy atom. The first-order chi connectivity index (χ1) is 10.2. The molecular formula is C15H13F3O3S. The Morgan fingerprint density at radius 3 is 1.95 bits per heavy atom. The third-order valence-electron chi connectivity index (χ3n) is 2.94. The highest BCUT2D eigenvalue weighted by molar-refractivity contribution is 7.90. The lowest BCUT2D eigenvalue weighted by Crippen LogP contribution is -2.05. The second-order valence-corrected chi connectivity index (χ2v) is 6.74. The molecule has 3 nitrogen and oxygen atoms in total. The fraction of sp³-hybridized carbons (Fsp3) is 0.200. The molecule has 0 radical (unpaired) electrons. The summed E-state index contributed by atoms with van der Waals surface area (Å²) < 4.78 is 65.3. The average Bonchev–Trinajstić information content (AvgIpc) is 2.44. The van der Waals surface area contributed by atoms with Crippen molar-refractivity contribution in [1.29, 1.82) is 0 Å². The third-order valence-corrected chi connectivity index (χ3v) is 4.07. The number of halogens is 3. The van der Waals surface area contributed by atoms with Crippen LogP contribution in [0.15, 0.2) is 53.4 Å². The Kier molecular flexibility index (Phi) is 4.46. The van der Waals surface area contributed by atoms with Gasteiger partial charge in [0, 0.05) is 6.26 Å². The van der Waals surface area contributed by atoms with Gasteiger partial charge in [-0.2, -0.15) is 13.2 Å². The molecule has 0 unspecified atom stereocenters. The first-order valence-electron chi connectivity index (χ1n) is 6.25. The molecule has 2 aromatic carbocycles. The summed E-state index contributed by atoms with van der Waals surface area (Å²) in [6.45, 7) is 0.0936. The van der Waals surface area contributed by atoms with Gasteiger partial charge in [-0.25, -0.2) is 8.42 Å². The van der Waals surface area contributed by atoms with Crippen molar-refractivity contribution >= 4 is 9.84 Å². The zero-order chi connectivity index (χ0) is 16.4. The standard InChI is InChI=1S/C15H13F3O3S/c1-22(19,20)14-8-6-13(7-9-14)21-10-11-2-4-12(5-3-11)15(16,17)18/h2-9H,10H2,1H3. The number of alkyl halides is 3. The van der Waals surface area contributed by atoms with E-state index in [9.17, 15) is 21.6 Å². The van der Waals surface area contributed by atoms with E-state index in [4.69, 9.17) is 4.74 Å². The molecule has 0 bridgehead atoms. The minimum Gasteiger partial charge on any atom is -0.489 e. The molecule has 22 heavy (non-hydrogen) atoms. The van der Waals surface area contributed by atoms with Crippen LogP contribution in [-0.2, 0) is 22.6 Å². The van der Waals surface area contributed by atoms with Crippen LogP contribution < -0.4 is 4.74 Å². The third kappa shape index (κ3) is 4.24. The van der Waals surface area contributed by atoms with E-state index in [1.54, 1.807) is 0 Å². The van der Waals surface area contributed by atoms with Crippen molar-refractivity contribution in [2.75, 3.05) is 6.26 Å². The highest BCUT2D eigenvalue weighted by Gasteiger charge is 2.29. The predicted octanol–water partition coefficient (Wildman–Crippen LogP) is 3.69. The summed E-state index contributed by atoms with van der Waals surface area (Å²) >= 11 is 0. The first-order valence-corrected chi connectivity index (χ1v) is 8.14. The van der Waals surface area contributed by atoms with Crippen molar-refractivity contribution in [1.82, 2.24) is 0 Å². The van der Waals surface area contributed by atoms with Crippen LogP contribution in [0.1, 0.15) is 11.1 Å². The quantitative estimate of drug-likeness (QED) is 0.859. The summed E-state index contributed by atoms with van der Waals surface area (Å²) in [7, 11) is -3.27. The molecule has 118 valence electrons. The Morgan fingerprint density at radius 2 is 1.50 bits per heavy atom. The van der Waals surface area contributed by atoms with Gasteiger partial charge in [-0.3, -0.25) is 0 Å². The van der Waals surface area contributed by atoms with E-state index in [-0.39, 0.29) is 11.5 Å². The van der Waals surface area contributed by atoms with Gasteiger partial charge in [0.25, 0.3) is 0 Å². The molecule has 0 aliphatic carbocycles. The minimum atomic E-state index is -4.36. The molecule has 0 saturated carbocycles. The minimum absolute atomic E-state index is 0.0936. The van der Waals surface area contributed by atoms with Crippen LogP contribution in [0.5, 0.6) is 5.75 Å². The number of hydrogen-bond donors (Lipinski definition) is 0. The van der Waals surface area contributed by atoms with Crippen LogP contribution >= 0.6 is 0 Å². The normalized spacial score (nSPS) is 12.2. The van der Waals surface area contributed by atoms with E-state index in [1.165, 1.54) is 36.4 Å². The summed E-state index contributed by atoms with van der Waals surface area (Å²) in [5.74, 6) is 0.437. The van der Waals surface area contributed by atoms with Crippen molar-refractivity contribution in [2.24, 2.45) is 0 Å². The van der Waals surface area contributed by atoms with Crippen LogP contribution in [0.3, 0.4) is 0 Å². The lowest BCUT2D eigenvalue weighted by atomic mass is 10.1. The molecule has 7 heteroatoms. The van der Waals surface area contributed by atoms with E-state index in [2.05, 4.69) is 0 Å². The zero-order valence-corrected chi connectivity index (χ0v) is 12.4. The van der Waals surface area contributed by atoms with Gasteiger partial charge in [0.05, 0.1) is 10.5 Å². The second kappa shape index (κ2) is 6.00. The van der Waals surface area contributed by atoms with Crippen molar-refractivity contribution < 1.29 is 26.3 Å². The van der Waals surface area contributed by atoms with Gasteiger partial charge in [0.1, 0.15) is 12.4 Å². The molecule has 0 aromatic heterocycles. The van der Waals surface area contributed by atoms with Gasteiger partial charge < -0.3 is 4.74 Å². The number of rotatable bonds is 4. The molecule has 0 saturated heterocycles. The fourth-order valence-electron chi connectivity index (χ4n) is 1.74. The highest BCUT2D eigenvalue weighted by Crippen LogP contribution is 2.29. The zero-order valence-electron chi connectivity index (χ0n) is 11.6. The van der Waals surface area contributed by atoms with Crippen LogP contribution in [0.4, 0.5) is 13.2 Å². The fourth-order valence-corrected chi connectivity index (χ4v) is 2.37. The maximum absolute atomic E-state index is 12.4. The Hall–Kier alpha value is -2.02. The van der Waals surface area contributed by atoms with Crippen LogP contribution in [0.25, 0.3) is 0 Å². The molecule has 0 amide bonds. The summed E-state index contributed by atoms with van der Waals surface area (Å²) in [5, 5.41) is 0. The smallest absolute Gasteiger partial charge is 0.416 e. The molecule has 0 heterocycles. The Labute approximate surface area is 126 Å². The number of ether oxygens (including phenoxy) is 1. The maximum atomic E-state index is 12.4. The van der Waals surface area contributed by atoms with Crippen LogP contribution in [-0.4, -0.2) is 14.7 Å². The highest BCUT2D eigenvalue weighted by atomic mass is 32.2. The summed E-state index contributed by atoms with van der Waals surface area (Å²) in [6.07, 6.45) is -3.26. The van der Waals surface area contributed by atoms with Gasteiger partial charge in [-0.15, -0.1) is 0 Å². The monoisotopic (exact) mass is 330 g/mol. The van der Waals surface area contributed by atoms with E-state index in [0.717, 1.165) is 18.4 Å². The summed E-state index contributed by atoms with van der Waals surface area (Å²) in [6, 6.07) is 10.5. The second-order valence-electron chi connectivity index (χ2n) is 4.73. The number of sulfone groups is 1. The maximum Gasteiger partial charge on any atom is 0.416 e. The first kappa shape index (κ1) is 16.4. The van der Waals surface area contributed by atoms with Crippen molar-refractivity contribution in [3.63, 3.8) is 0 Å². The molecule has 0 spiro atoms. The van der Waals surface area contributed by atoms with Gasteiger partial charge in [0.2, 0.25) is 0 Å². The molecule has 0 aliphatic rings. The number of hydrogen-bond acceptors (Lipinski definition) is 3. The summed E-state index contributed by atoms with van der Waals surface area (Å²) in [4.78, 5) is 0.175. The van der Waals surface area contributed by atoms with Crippen LogP contribution in [0.2, 0.25) is 0 Å². The largest absolute Gasteiger partial charge is 0.489 e. The molecule has 0 atom stereocenters. The topological polar surface area (TPSA) is 43.4 Å². The molecule has 2 aromatic rings. The van der Waals surface area contributed by atoms with Crippen molar-refractivity contribution in [3.8, 4) is 5.75 Å². The summed E-state index contributed by atoms with van der Waals surface area (Å²) in [5.41, 5.74) is -0.131. The van der Waals surface area contributed by atoms with Gasteiger partial charge >= 0.3 is 6.18 Å². The number of benzene rings is 2. The van der Waals surface area contributed by atoms with Gasteiger partial charge in [-0.05, 0) is 42.0 Å². The predicted molar refractivity (Wildman–Crippen MR) is 75.3 cm³/mol. The van der Waals surface area contributed by atoms with Crippen molar-refractivity contribution in [2.45, 2.75) is 17.7 Å². The lowest BCUT2D eigenvalue weighted by molar-refractivity contribution is -0.137. The molecular weight excluding hydrogens is 317 g/mol.